The molecule has 93 heavy (non-hydrogen) atoms. The zero-order valence-electron chi connectivity index (χ0n) is 56.7. The van der Waals surface area contributed by atoms with E-state index in [0.717, 1.165) is 72.9 Å². The second-order valence-corrected chi connectivity index (χ2v) is 31.5. The number of hydrogen-bond acceptors (Lipinski definition) is 3. The van der Waals surface area contributed by atoms with Crippen LogP contribution in [0.1, 0.15) is 137 Å². The van der Waals surface area contributed by atoms with Gasteiger partial charge < -0.3 is 18.9 Å². The first-order valence-electron chi connectivity index (χ1n) is 33.2. The smallest absolute Gasteiger partial charge is 0.252 e. The van der Waals surface area contributed by atoms with E-state index in [4.69, 9.17) is 0 Å². The van der Waals surface area contributed by atoms with Gasteiger partial charge in [-0.2, -0.15) is 5.26 Å². The highest BCUT2D eigenvalue weighted by Crippen LogP contribution is 2.50. The molecule has 5 nitrogen and oxygen atoms in total. The summed E-state index contributed by atoms with van der Waals surface area (Å²) in [5.41, 5.74) is 28.0. The maximum Gasteiger partial charge on any atom is 0.252 e. The zero-order chi connectivity index (χ0) is 65.0. The Morgan fingerprint density at radius 1 is 0.290 bits per heavy atom. The van der Waals surface area contributed by atoms with Crippen molar-refractivity contribution in [3.05, 3.63) is 258 Å². The standard InChI is InChI=1S/C87H82BN5/c1-83(2,3)59-33-41-75-69(47-59)70-48-60(84(4,5)6)34-42-76(70)91(75)66-38-40-72-79(52-66)90(64-35-29-55(30-36-64)54-23-17-16-18-24-54)80-49-63(87(13,14)15)50-81-82(80)88(72)71-39-32-56(58-43-61(85(7,8)9)46-62(44-58)86(10,11)12)45-78(71)92(81)65-37-31-57(53-89)77(51-65)93-73-27-21-19-25-67(73)68-26-20-22-28-74(68)93/h16-52H,1-15H3. The number of nitrogens with zero attached hydrogens (tertiary/aromatic N) is 5. The normalized spacial score (nSPS) is 13.5. The molecule has 0 N–H and O–H groups in total. The molecule has 0 spiro atoms. The van der Waals surface area contributed by atoms with Gasteiger partial charge in [-0.3, -0.25) is 0 Å². The summed E-state index contributed by atoms with van der Waals surface area (Å²) in [6, 6.07) is 87.6. The molecule has 0 radical (unpaired) electrons. The Bertz CT molecular complexity index is 5090. The molecular formula is C87H82BN5. The fraction of sp³-hybridized carbons (Fsp3) is 0.230. The summed E-state index contributed by atoms with van der Waals surface area (Å²) in [5, 5.41) is 16.1. The van der Waals surface area contributed by atoms with Crippen LogP contribution in [0.5, 0.6) is 0 Å². The quantitative estimate of drug-likeness (QED) is 0.156. The lowest BCUT2D eigenvalue weighted by Crippen LogP contribution is -2.61. The first kappa shape index (κ1) is 59.5. The summed E-state index contributed by atoms with van der Waals surface area (Å²) in [6.45, 7) is 34.7. The highest BCUT2D eigenvalue weighted by molar-refractivity contribution is 7.00. The van der Waals surface area contributed by atoms with E-state index < -0.39 is 0 Å². The second-order valence-electron chi connectivity index (χ2n) is 31.5. The van der Waals surface area contributed by atoms with Crippen molar-refractivity contribution in [1.29, 1.82) is 5.26 Å². The van der Waals surface area contributed by atoms with Gasteiger partial charge in [-0.15, -0.1) is 0 Å². The Labute approximate surface area is 550 Å². The molecule has 0 fully saturated rings. The third kappa shape index (κ3) is 9.88. The van der Waals surface area contributed by atoms with Crippen molar-refractivity contribution in [2.45, 2.75) is 131 Å². The molecule has 4 heterocycles. The molecular weight excluding hydrogens is 1130 g/mol. The van der Waals surface area contributed by atoms with Gasteiger partial charge in [0.2, 0.25) is 0 Å². The largest absolute Gasteiger partial charge is 0.311 e. The van der Waals surface area contributed by atoms with Crippen molar-refractivity contribution in [1.82, 2.24) is 9.13 Å². The maximum absolute atomic E-state index is 11.2. The van der Waals surface area contributed by atoms with Gasteiger partial charge >= 0.3 is 0 Å². The SMILES string of the molecule is CC(C)(C)c1cc(-c2ccc3c(c2)N(c2ccc(C#N)c(-n4c5ccccc5c5ccccc54)c2)c2cc(C(C)(C)C)cc4c2B3c2ccc(-n3c5ccc(C(C)(C)C)cc5c5cc(C(C)(C)C)ccc53)cc2N4c2ccc(-c3ccccc3)cc2)cc(C(C)(C)C)c1. The summed E-state index contributed by atoms with van der Waals surface area (Å²) in [4.78, 5) is 5.12. The molecule has 15 rings (SSSR count). The third-order valence-corrected chi connectivity index (χ3v) is 20.1. The lowest BCUT2D eigenvalue weighted by molar-refractivity contribution is 0.569. The molecule has 0 amide bonds. The topological polar surface area (TPSA) is 40.1 Å². The van der Waals surface area contributed by atoms with Crippen LogP contribution in [-0.4, -0.2) is 15.8 Å². The fourth-order valence-electron chi connectivity index (χ4n) is 14.7. The Morgan fingerprint density at radius 2 is 0.720 bits per heavy atom. The molecule has 0 aliphatic carbocycles. The summed E-state index contributed by atoms with van der Waals surface area (Å²) >= 11 is 0. The van der Waals surface area contributed by atoms with Crippen LogP contribution < -0.4 is 26.2 Å². The van der Waals surface area contributed by atoms with Crippen LogP contribution in [-0.2, 0) is 27.1 Å². The van der Waals surface area contributed by atoms with E-state index in [1.807, 2.05) is 6.07 Å². The van der Waals surface area contributed by atoms with Gasteiger partial charge in [0, 0.05) is 61.4 Å². The average Bonchev–Trinajstić information content (AvgIpc) is 1.21. The number of hydrogen-bond donors (Lipinski definition) is 0. The molecule has 458 valence electrons. The van der Waals surface area contributed by atoms with E-state index >= 15 is 0 Å². The van der Waals surface area contributed by atoms with Crippen LogP contribution in [0.3, 0.4) is 0 Å². The van der Waals surface area contributed by atoms with Gasteiger partial charge in [0.25, 0.3) is 6.71 Å². The Balaban J connectivity index is 1.04. The van der Waals surface area contributed by atoms with Crippen LogP contribution in [0.4, 0.5) is 34.1 Å². The van der Waals surface area contributed by atoms with Gasteiger partial charge in [0.1, 0.15) is 6.07 Å². The molecule has 0 bridgehead atoms. The van der Waals surface area contributed by atoms with Gasteiger partial charge in [-0.1, -0.05) is 231 Å². The van der Waals surface area contributed by atoms with Crippen LogP contribution >= 0.6 is 0 Å². The lowest BCUT2D eigenvalue weighted by atomic mass is 9.33. The average molecular weight is 1210 g/mol. The van der Waals surface area contributed by atoms with E-state index in [9.17, 15) is 5.26 Å². The molecule has 6 heteroatoms. The highest BCUT2D eigenvalue weighted by Gasteiger charge is 2.45. The van der Waals surface area contributed by atoms with E-state index in [1.165, 1.54) is 82.7 Å². The monoisotopic (exact) mass is 1210 g/mol. The van der Waals surface area contributed by atoms with Crippen LogP contribution in [0.2, 0.25) is 0 Å². The number of nitriles is 1. The Hall–Kier alpha value is -9.83. The minimum atomic E-state index is -0.268. The number of benzene rings is 11. The minimum absolute atomic E-state index is 0.0298. The zero-order valence-corrected chi connectivity index (χ0v) is 56.7. The third-order valence-electron chi connectivity index (χ3n) is 20.1. The number of para-hydroxylation sites is 2. The first-order chi connectivity index (χ1) is 44.2. The second kappa shape index (κ2) is 21.1. The predicted octanol–water partition coefficient (Wildman–Crippen LogP) is 21.7. The van der Waals surface area contributed by atoms with Crippen molar-refractivity contribution in [2.75, 3.05) is 9.80 Å². The van der Waals surface area contributed by atoms with Crippen molar-refractivity contribution in [2.24, 2.45) is 0 Å². The number of anilines is 6. The van der Waals surface area contributed by atoms with Crippen molar-refractivity contribution >= 4 is 101 Å². The highest BCUT2D eigenvalue weighted by atomic mass is 15.2. The Kier molecular flexibility index (Phi) is 13.5. The van der Waals surface area contributed by atoms with Crippen LogP contribution in [0.15, 0.2) is 224 Å². The lowest BCUT2D eigenvalue weighted by Gasteiger charge is -2.45. The van der Waals surface area contributed by atoms with E-state index in [1.54, 1.807) is 0 Å². The van der Waals surface area contributed by atoms with Crippen LogP contribution in [0, 0.1) is 11.3 Å². The molecule has 11 aromatic carbocycles. The van der Waals surface area contributed by atoms with Crippen molar-refractivity contribution < 1.29 is 0 Å². The van der Waals surface area contributed by atoms with Gasteiger partial charge in [-0.05, 0) is 191 Å². The molecule has 0 saturated carbocycles. The molecule has 13 aromatic rings. The van der Waals surface area contributed by atoms with E-state index in [0.29, 0.717) is 5.56 Å². The first-order valence-corrected chi connectivity index (χ1v) is 33.2. The number of rotatable bonds is 6. The van der Waals surface area contributed by atoms with Gasteiger partial charge in [-0.25, -0.2) is 0 Å². The summed E-state index contributed by atoms with van der Waals surface area (Å²) < 4.78 is 4.83. The number of aromatic nitrogens is 2. The van der Waals surface area contributed by atoms with Crippen molar-refractivity contribution in [3.63, 3.8) is 0 Å². The molecule has 2 aliphatic rings. The minimum Gasteiger partial charge on any atom is -0.311 e. The fourth-order valence-corrected chi connectivity index (χ4v) is 14.7. The van der Waals surface area contributed by atoms with E-state index in [-0.39, 0.29) is 33.8 Å². The Morgan fingerprint density at radius 3 is 1.26 bits per heavy atom. The molecule has 2 aromatic heterocycles. The molecule has 0 saturated heterocycles. The predicted molar refractivity (Wildman–Crippen MR) is 398 cm³/mol. The van der Waals surface area contributed by atoms with Crippen LogP contribution in [0.25, 0.3) is 77.2 Å². The molecule has 0 unspecified atom stereocenters. The number of fused-ring (bicyclic) bond motifs is 10. The van der Waals surface area contributed by atoms with Gasteiger partial charge in [0.15, 0.2) is 0 Å². The summed E-state index contributed by atoms with van der Waals surface area (Å²) in [7, 11) is 0. The molecule has 2 aliphatic heterocycles. The summed E-state index contributed by atoms with van der Waals surface area (Å²) in [5.74, 6) is 0. The van der Waals surface area contributed by atoms with Gasteiger partial charge in [0.05, 0.1) is 33.3 Å². The van der Waals surface area contributed by atoms with Crippen molar-refractivity contribution in [3.8, 4) is 39.7 Å². The van der Waals surface area contributed by atoms with E-state index in [2.05, 4.69) is 347 Å². The maximum atomic E-state index is 11.2. The molecule has 0 atom stereocenters. The summed E-state index contributed by atoms with van der Waals surface area (Å²) in [6.07, 6.45) is 0.